The van der Waals surface area contributed by atoms with Crippen LogP contribution < -0.4 is 0 Å². The molecule has 1 atom stereocenters. The minimum atomic E-state index is -0.269. The van der Waals surface area contributed by atoms with Gasteiger partial charge in [0.15, 0.2) is 0 Å². The van der Waals surface area contributed by atoms with E-state index in [2.05, 4.69) is 20.3 Å². The predicted molar refractivity (Wildman–Crippen MR) is 126 cm³/mol. The number of carbonyl (C=O) groups is 1. The van der Waals surface area contributed by atoms with E-state index in [-0.39, 0.29) is 17.7 Å². The highest BCUT2D eigenvalue weighted by Crippen LogP contribution is 2.35. The molecule has 1 aromatic carbocycles. The second-order valence-electron chi connectivity index (χ2n) is 7.41. The third-order valence-electron chi connectivity index (χ3n) is 5.39. The van der Waals surface area contributed by atoms with E-state index < -0.39 is 0 Å². The van der Waals surface area contributed by atoms with Crippen LogP contribution in [0.25, 0.3) is 22.4 Å². The fraction of sp³-hybridized carbons (Fsp3) is 0.130. The maximum Gasteiger partial charge on any atom is 0.277 e. The van der Waals surface area contributed by atoms with Crippen LogP contribution in [0.4, 0.5) is 0 Å². The number of nitrogens with one attached hydrogen (secondary N) is 1. The number of furan rings is 1. The third kappa shape index (κ3) is 3.77. The van der Waals surface area contributed by atoms with Gasteiger partial charge in [-0.2, -0.15) is 5.10 Å². The Bertz CT molecular complexity index is 1440. The maximum atomic E-state index is 13.1. The number of fused-ring (bicyclic) bond motifs is 1. The molecule has 8 nitrogen and oxygen atoms in total. The van der Waals surface area contributed by atoms with Crippen molar-refractivity contribution in [3.05, 3.63) is 77.0 Å². The summed E-state index contributed by atoms with van der Waals surface area (Å²) >= 11 is 2.80. The van der Waals surface area contributed by atoms with E-state index >= 15 is 0 Å². The molecule has 5 aromatic rings. The van der Waals surface area contributed by atoms with E-state index in [9.17, 15) is 4.79 Å². The smallest absolute Gasteiger partial charge is 0.277 e. The molecule has 5 heterocycles. The number of rotatable bonds is 6. The minimum absolute atomic E-state index is 0.119. The van der Waals surface area contributed by atoms with Crippen LogP contribution in [0, 0.1) is 0 Å². The van der Waals surface area contributed by atoms with Gasteiger partial charge in [-0.1, -0.05) is 36.0 Å². The van der Waals surface area contributed by atoms with Crippen molar-refractivity contribution in [2.45, 2.75) is 17.7 Å². The maximum absolute atomic E-state index is 13.1. The Hall–Kier alpha value is -3.63. The molecule has 1 N–H and O–H groups in total. The average molecular weight is 476 g/mol. The zero-order chi connectivity index (χ0) is 22.2. The first-order valence-electron chi connectivity index (χ1n) is 10.3. The van der Waals surface area contributed by atoms with E-state index in [1.165, 1.54) is 16.8 Å². The summed E-state index contributed by atoms with van der Waals surface area (Å²) in [6.45, 7) is 0. The number of thioether (sulfide) groups is 1. The van der Waals surface area contributed by atoms with Crippen LogP contribution >= 0.6 is 23.1 Å². The minimum Gasteiger partial charge on any atom is -0.467 e. The molecule has 164 valence electrons. The van der Waals surface area contributed by atoms with Gasteiger partial charge in [-0.25, -0.2) is 5.01 Å². The number of benzene rings is 1. The predicted octanol–water partition coefficient (Wildman–Crippen LogP) is 5.34. The van der Waals surface area contributed by atoms with E-state index in [0.717, 1.165) is 27.1 Å². The molecule has 0 spiro atoms. The highest BCUT2D eigenvalue weighted by atomic mass is 32.2. The molecule has 1 amide bonds. The first-order chi connectivity index (χ1) is 16.3. The van der Waals surface area contributed by atoms with Crippen molar-refractivity contribution in [3.8, 4) is 11.5 Å². The average Bonchev–Trinajstić information content (AvgIpc) is 3.67. The second-order valence-corrected chi connectivity index (χ2v) is 9.28. The zero-order valence-corrected chi connectivity index (χ0v) is 18.8. The first-order valence-corrected chi connectivity index (χ1v) is 12.1. The molecule has 10 heteroatoms. The molecule has 1 aliphatic rings. The number of aromatic amines is 1. The molecule has 1 unspecified atom stereocenters. The van der Waals surface area contributed by atoms with Crippen molar-refractivity contribution < 1.29 is 13.6 Å². The van der Waals surface area contributed by atoms with Crippen LogP contribution in [0.5, 0.6) is 0 Å². The molecular weight excluding hydrogens is 458 g/mol. The van der Waals surface area contributed by atoms with Crippen LogP contribution in [0.1, 0.15) is 23.1 Å². The fourth-order valence-electron chi connectivity index (χ4n) is 3.85. The summed E-state index contributed by atoms with van der Waals surface area (Å²) in [6, 6.07) is 15.3. The highest BCUT2D eigenvalue weighted by molar-refractivity contribution is 7.99. The number of hydrazone groups is 1. The summed E-state index contributed by atoms with van der Waals surface area (Å²) in [7, 11) is 0. The molecule has 0 radical (unpaired) electrons. The summed E-state index contributed by atoms with van der Waals surface area (Å²) in [5.41, 5.74) is 2.70. The van der Waals surface area contributed by atoms with Gasteiger partial charge >= 0.3 is 0 Å². The molecule has 4 aromatic heterocycles. The van der Waals surface area contributed by atoms with Gasteiger partial charge in [0.05, 0.1) is 28.2 Å². The normalized spacial score (nSPS) is 15.9. The van der Waals surface area contributed by atoms with Crippen molar-refractivity contribution in [1.82, 2.24) is 20.2 Å². The van der Waals surface area contributed by atoms with Crippen LogP contribution in [0.2, 0.25) is 0 Å². The Balaban J connectivity index is 1.19. The van der Waals surface area contributed by atoms with Crippen molar-refractivity contribution in [1.29, 1.82) is 0 Å². The number of thiophene rings is 1. The van der Waals surface area contributed by atoms with Crippen LogP contribution in [0.15, 0.2) is 85.5 Å². The van der Waals surface area contributed by atoms with Crippen molar-refractivity contribution in [3.63, 3.8) is 0 Å². The number of H-pyrrole nitrogens is 1. The summed E-state index contributed by atoms with van der Waals surface area (Å²) in [5.74, 6) is 1.09. The number of hydrogen-bond acceptors (Lipinski definition) is 8. The third-order valence-corrected chi connectivity index (χ3v) is 7.11. The molecule has 0 saturated carbocycles. The van der Waals surface area contributed by atoms with Gasteiger partial charge in [-0.15, -0.1) is 21.5 Å². The lowest BCUT2D eigenvalue weighted by molar-refractivity contribution is -0.130. The molecular formula is C23H17N5O3S2. The Morgan fingerprint density at radius 3 is 2.97 bits per heavy atom. The van der Waals surface area contributed by atoms with Crippen LogP contribution in [0.3, 0.4) is 0 Å². The number of hydrogen-bond donors (Lipinski definition) is 1. The lowest BCUT2D eigenvalue weighted by Crippen LogP contribution is -2.28. The van der Waals surface area contributed by atoms with Crippen molar-refractivity contribution in [2.75, 3.05) is 5.75 Å². The van der Waals surface area contributed by atoms with Gasteiger partial charge in [0, 0.05) is 23.5 Å². The van der Waals surface area contributed by atoms with Gasteiger partial charge in [0.2, 0.25) is 0 Å². The Labute approximate surface area is 196 Å². The first kappa shape index (κ1) is 20.0. The summed E-state index contributed by atoms with van der Waals surface area (Å²) in [5, 5.41) is 17.7. The molecule has 0 saturated heterocycles. The standard InChI is InChI=1S/C23H17N5O3S2/c29-21(28-18(19-7-3-9-30-19)11-17(27-28)20-8-4-10-32-20)13-33-23-26-25-22(31-23)15-12-24-16-6-2-1-5-14(15)16/h1-10,12,18,24H,11,13H2. The Morgan fingerprint density at radius 2 is 2.12 bits per heavy atom. The Kier molecular flexibility index (Phi) is 5.08. The molecule has 0 aliphatic carbocycles. The molecule has 1 aliphatic heterocycles. The SMILES string of the molecule is O=C(CSc1nnc(-c2c[nH]c3ccccc23)o1)N1N=C(c2cccs2)CC1c1ccco1. The van der Waals surface area contributed by atoms with Crippen molar-refractivity contribution in [2.24, 2.45) is 5.10 Å². The van der Waals surface area contributed by atoms with Gasteiger partial charge in [-0.3, -0.25) is 4.79 Å². The van der Waals surface area contributed by atoms with Gasteiger partial charge in [0.25, 0.3) is 17.0 Å². The van der Waals surface area contributed by atoms with Gasteiger partial charge < -0.3 is 13.8 Å². The number of amides is 1. The van der Waals surface area contributed by atoms with E-state index in [0.29, 0.717) is 23.3 Å². The van der Waals surface area contributed by atoms with E-state index in [4.69, 9.17) is 8.83 Å². The Morgan fingerprint density at radius 1 is 1.18 bits per heavy atom. The number of aromatic nitrogens is 3. The summed E-state index contributed by atoms with van der Waals surface area (Å²) in [4.78, 5) is 17.4. The molecule has 6 rings (SSSR count). The fourth-order valence-corrected chi connectivity index (χ4v) is 5.19. The second kappa shape index (κ2) is 8.38. The molecule has 0 bridgehead atoms. The lowest BCUT2D eigenvalue weighted by atomic mass is 10.1. The quantitative estimate of drug-likeness (QED) is 0.333. The highest BCUT2D eigenvalue weighted by Gasteiger charge is 2.35. The lowest BCUT2D eigenvalue weighted by Gasteiger charge is -2.19. The number of para-hydroxylation sites is 1. The number of carbonyl (C=O) groups excluding carboxylic acids is 1. The van der Waals surface area contributed by atoms with E-state index in [1.807, 2.05) is 60.1 Å². The largest absolute Gasteiger partial charge is 0.467 e. The number of nitrogens with zero attached hydrogens (tertiary/aromatic N) is 4. The van der Waals surface area contributed by atoms with Gasteiger partial charge in [-0.05, 0) is 29.6 Å². The molecule has 33 heavy (non-hydrogen) atoms. The monoisotopic (exact) mass is 475 g/mol. The van der Waals surface area contributed by atoms with Crippen LogP contribution in [-0.4, -0.2) is 37.6 Å². The zero-order valence-electron chi connectivity index (χ0n) is 17.2. The van der Waals surface area contributed by atoms with Crippen molar-refractivity contribution >= 4 is 45.6 Å². The summed E-state index contributed by atoms with van der Waals surface area (Å²) < 4.78 is 11.4. The summed E-state index contributed by atoms with van der Waals surface area (Å²) in [6.07, 6.45) is 4.06. The molecule has 0 fully saturated rings. The van der Waals surface area contributed by atoms with Gasteiger partial charge in [0.1, 0.15) is 11.8 Å². The van der Waals surface area contributed by atoms with E-state index in [1.54, 1.807) is 17.6 Å². The topological polar surface area (TPSA) is 101 Å². The van der Waals surface area contributed by atoms with Crippen LogP contribution in [-0.2, 0) is 4.79 Å².